The van der Waals surface area contributed by atoms with E-state index in [0.717, 1.165) is 29.4 Å². The van der Waals surface area contributed by atoms with Crippen LogP contribution in [-0.4, -0.2) is 48.5 Å². The Labute approximate surface area is 150 Å². The zero-order valence-corrected chi connectivity index (χ0v) is 14.6. The van der Waals surface area contributed by atoms with Crippen LogP contribution in [0.5, 0.6) is 0 Å². The normalized spacial score (nSPS) is 21.3. The van der Waals surface area contributed by atoms with E-state index in [2.05, 4.69) is 20.5 Å². The molecule has 8 heteroatoms. The van der Waals surface area contributed by atoms with Gasteiger partial charge >= 0.3 is 0 Å². The van der Waals surface area contributed by atoms with Crippen LogP contribution in [0.25, 0.3) is 22.4 Å². The van der Waals surface area contributed by atoms with Gasteiger partial charge in [-0.15, -0.1) is 5.10 Å². The summed E-state index contributed by atoms with van der Waals surface area (Å²) in [6, 6.07) is 6.18. The minimum Gasteiger partial charge on any atom is -0.339 e. The molecule has 1 amide bonds. The second kappa shape index (κ2) is 5.89. The van der Waals surface area contributed by atoms with Crippen LogP contribution >= 0.6 is 0 Å². The van der Waals surface area contributed by atoms with Crippen LogP contribution in [0, 0.1) is 0 Å². The molecule has 1 aromatic carbocycles. The molecule has 0 unspecified atom stereocenters. The van der Waals surface area contributed by atoms with Crippen LogP contribution in [0.1, 0.15) is 43.9 Å². The highest BCUT2D eigenvalue weighted by atomic mass is 16.5. The monoisotopic (exact) mass is 352 g/mol. The number of nitrogens with zero attached hydrogens (tertiary/aromatic N) is 6. The maximum absolute atomic E-state index is 12.4. The molecule has 1 saturated carbocycles. The predicted octanol–water partition coefficient (Wildman–Crippen LogP) is 2.28. The minimum absolute atomic E-state index is 0.00963. The number of rotatable bonds is 3. The number of carbonyl (C=O) groups excluding carboxylic acids is 1. The van der Waals surface area contributed by atoms with E-state index in [1.165, 1.54) is 12.8 Å². The van der Waals surface area contributed by atoms with Crippen molar-refractivity contribution >= 4 is 16.9 Å². The van der Waals surface area contributed by atoms with Crippen molar-refractivity contribution in [2.75, 3.05) is 6.54 Å². The number of carbonyl (C=O) groups is 1. The Morgan fingerprint density at radius 2 is 2.08 bits per heavy atom. The second-order valence-corrected chi connectivity index (χ2v) is 7.26. The number of fused-ring (bicyclic) bond motifs is 1. The summed E-state index contributed by atoms with van der Waals surface area (Å²) in [6.45, 7) is 0.689. The van der Waals surface area contributed by atoms with Crippen LogP contribution in [0.3, 0.4) is 0 Å². The van der Waals surface area contributed by atoms with Crippen molar-refractivity contribution < 1.29 is 9.32 Å². The topological polar surface area (TPSA) is 89.9 Å². The lowest BCUT2D eigenvalue weighted by molar-refractivity contribution is -0.129. The molecule has 1 atom stereocenters. The first kappa shape index (κ1) is 15.5. The number of likely N-dealkylation sites (tertiary alicyclic amines) is 1. The molecule has 2 aromatic heterocycles. The van der Waals surface area contributed by atoms with Crippen molar-refractivity contribution in [1.82, 2.24) is 30.0 Å². The molecule has 1 aliphatic heterocycles. The van der Waals surface area contributed by atoms with Crippen molar-refractivity contribution in [3.8, 4) is 11.4 Å². The molecule has 2 aliphatic rings. The molecule has 2 fully saturated rings. The number of hydrogen-bond donors (Lipinski definition) is 0. The maximum atomic E-state index is 12.4. The standard InChI is InChI=1S/C18H20N6O2/c1-23-15-7-6-11(8-14(15)20-22-23)17-19-18(26-21-17)12-9-16(25)24(10-12)13-4-2-3-5-13/h6-8,12-13H,2-5,9-10H2,1H3/t12-/m1/s1. The highest BCUT2D eigenvalue weighted by Crippen LogP contribution is 2.34. The summed E-state index contributed by atoms with van der Waals surface area (Å²) in [4.78, 5) is 19.0. The zero-order chi connectivity index (χ0) is 17.7. The third-order valence-corrected chi connectivity index (χ3v) is 5.58. The molecule has 0 N–H and O–H groups in total. The smallest absolute Gasteiger partial charge is 0.232 e. The zero-order valence-electron chi connectivity index (χ0n) is 14.6. The fraction of sp³-hybridized carbons (Fsp3) is 0.500. The van der Waals surface area contributed by atoms with Crippen LogP contribution in [-0.2, 0) is 11.8 Å². The van der Waals surface area contributed by atoms with Gasteiger partial charge in [0.15, 0.2) is 0 Å². The van der Waals surface area contributed by atoms with E-state index in [4.69, 9.17) is 4.52 Å². The number of aromatic nitrogens is 5. The van der Waals surface area contributed by atoms with E-state index in [1.807, 2.05) is 30.1 Å². The van der Waals surface area contributed by atoms with Crippen LogP contribution in [0.4, 0.5) is 0 Å². The molecule has 0 spiro atoms. The fourth-order valence-electron chi connectivity index (χ4n) is 4.16. The van der Waals surface area contributed by atoms with Crippen LogP contribution in [0.2, 0.25) is 0 Å². The lowest BCUT2D eigenvalue weighted by atomic mass is 10.1. The molecule has 3 heterocycles. The summed E-state index contributed by atoms with van der Waals surface area (Å²) in [7, 11) is 1.86. The van der Waals surface area contributed by atoms with Crippen LogP contribution < -0.4 is 0 Å². The van der Waals surface area contributed by atoms with E-state index >= 15 is 0 Å². The Morgan fingerprint density at radius 1 is 1.23 bits per heavy atom. The summed E-state index contributed by atoms with van der Waals surface area (Å²) < 4.78 is 7.22. The van der Waals surface area contributed by atoms with Gasteiger partial charge in [-0.25, -0.2) is 4.68 Å². The summed E-state index contributed by atoms with van der Waals surface area (Å²) in [5.41, 5.74) is 2.58. The van der Waals surface area contributed by atoms with E-state index in [9.17, 15) is 4.79 Å². The highest BCUT2D eigenvalue weighted by Gasteiger charge is 2.38. The van der Waals surface area contributed by atoms with Gasteiger partial charge in [0.1, 0.15) is 5.52 Å². The van der Waals surface area contributed by atoms with Gasteiger partial charge < -0.3 is 9.42 Å². The molecule has 1 aliphatic carbocycles. The number of benzene rings is 1. The molecule has 0 radical (unpaired) electrons. The van der Waals surface area contributed by atoms with Gasteiger partial charge in [-0.3, -0.25) is 4.79 Å². The molecule has 26 heavy (non-hydrogen) atoms. The largest absolute Gasteiger partial charge is 0.339 e. The quantitative estimate of drug-likeness (QED) is 0.718. The first-order valence-corrected chi connectivity index (χ1v) is 9.12. The molecule has 8 nitrogen and oxygen atoms in total. The first-order valence-electron chi connectivity index (χ1n) is 9.12. The Balaban J connectivity index is 1.38. The predicted molar refractivity (Wildman–Crippen MR) is 93.1 cm³/mol. The SMILES string of the molecule is Cn1nnc2cc(-c3noc([C@@H]4CC(=O)N(C5CCCC5)C4)n3)ccc21. The van der Waals surface area contributed by atoms with Gasteiger partial charge in [0.25, 0.3) is 0 Å². The summed E-state index contributed by atoms with van der Waals surface area (Å²) >= 11 is 0. The average Bonchev–Trinajstić information content (AvgIpc) is 3.41. The fourth-order valence-corrected chi connectivity index (χ4v) is 4.16. The van der Waals surface area contributed by atoms with E-state index in [-0.39, 0.29) is 11.8 Å². The lowest BCUT2D eigenvalue weighted by Gasteiger charge is -2.23. The third-order valence-electron chi connectivity index (χ3n) is 5.58. The van der Waals surface area contributed by atoms with Gasteiger partial charge in [-0.1, -0.05) is 23.2 Å². The van der Waals surface area contributed by atoms with Gasteiger partial charge in [0.2, 0.25) is 17.6 Å². The Morgan fingerprint density at radius 3 is 2.92 bits per heavy atom. The molecule has 3 aromatic rings. The van der Waals surface area contributed by atoms with Crippen molar-refractivity contribution in [2.24, 2.45) is 7.05 Å². The molecule has 5 rings (SSSR count). The van der Waals surface area contributed by atoms with E-state index in [1.54, 1.807) is 4.68 Å². The van der Waals surface area contributed by atoms with Gasteiger partial charge in [-0.2, -0.15) is 4.98 Å². The van der Waals surface area contributed by atoms with Crippen molar-refractivity contribution in [1.29, 1.82) is 0 Å². The second-order valence-electron chi connectivity index (χ2n) is 7.26. The molecule has 0 bridgehead atoms. The Hall–Kier alpha value is -2.77. The van der Waals surface area contributed by atoms with E-state index < -0.39 is 0 Å². The minimum atomic E-state index is -0.00963. The summed E-state index contributed by atoms with van der Waals surface area (Å²) in [5.74, 6) is 1.28. The number of amides is 1. The number of hydrogen-bond acceptors (Lipinski definition) is 6. The lowest BCUT2D eigenvalue weighted by Crippen LogP contribution is -2.34. The van der Waals surface area contributed by atoms with Gasteiger partial charge in [-0.05, 0) is 31.0 Å². The average molecular weight is 352 g/mol. The number of aryl methyl sites for hydroxylation is 1. The third kappa shape index (κ3) is 2.48. The molecule has 1 saturated heterocycles. The van der Waals surface area contributed by atoms with Crippen molar-refractivity contribution in [2.45, 2.75) is 44.1 Å². The Kier molecular flexibility index (Phi) is 3.51. The van der Waals surface area contributed by atoms with Crippen LogP contribution in [0.15, 0.2) is 22.7 Å². The maximum Gasteiger partial charge on any atom is 0.232 e. The van der Waals surface area contributed by atoms with Gasteiger partial charge in [0, 0.05) is 31.6 Å². The highest BCUT2D eigenvalue weighted by molar-refractivity contribution is 5.80. The Bertz CT molecular complexity index is 971. The van der Waals surface area contributed by atoms with Gasteiger partial charge in [0.05, 0.1) is 11.4 Å². The molecular weight excluding hydrogens is 332 g/mol. The summed E-state index contributed by atoms with van der Waals surface area (Å²) in [6.07, 6.45) is 5.13. The summed E-state index contributed by atoms with van der Waals surface area (Å²) in [5, 5.41) is 12.3. The van der Waals surface area contributed by atoms with E-state index in [0.29, 0.717) is 30.7 Å². The molecule has 134 valence electrons. The van der Waals surface area contributed by atoms with Crippen molar-refractivity contribution in [3.63, 3.8) is 0 Å². The molecular formula is C18H20N6O2. The van der Waals surface area contributed by atoms with Crippen molar-refractivity contribution in [3.05, 3.63) is 24.1 Å². The first-order chi connectivity index (χ1) is 12.7.